The molecule has 0 aliphatic heterocycles. The molecule has 20 heavy (non-hydrogen) atoms. The maximum atomic E-state index is 6.13. The van der Waals surface area contributed by atoms with Crippen LogP contribution in [-0.4, -0.2) is 20.2 Å². The van der Waals surface area contributed by atoms with E-state index in [2.05, 4.69) is 15.4 Å². The Morgan fingerprint density at radius 1 is 1.05 bits per heavy atom. The fourth-order valence-corrected chi connectivity index (χ4v) is 2.20. The Balaban J connectivity index is 2.05. The number of aromatic nitrogens is 4. The molecule has 0 bridgehead atoms. The SMILES string of the molecule is NCc1c(Cl)cccc1-n1nnc(-c2ccccc2)n1. The first-order valence-corrected chi connectivity index (χ1v) is 6.50. The van der Waals surface area contributed by atoms with Crippen molar-refractivity contribution in [2.75, 3.05) is 0 Å². The highest BCUT2D eigenvalue weighted by molar-refractivity contribution is 6.31. The lowest BCUT2D eigenvalue weighted by Gasteiger charge is -2.07. The Morgan fingerprint density at radius 2 is 1.85 bits per heavy atom. The molecule has 0 spiro atoms. The van der Waals surface area contributed by atoms with Gasteiger partial charge in [-0.25, -0.2) is 0 Å². The van der Waals surface area contributed by atoms with Crippen LogP contribution in [0.15, 0.2) is 48.5 Å². The van der Waals surface area contributed by atoms with E-state index in [1.165, 1.54) is 4.80 Å². The molecule has 0 radical (unpaired) electrons. The third-order valence-corrected chi connectivity index (χ3v) is 3.31. The minimum Gasteiger partial charge on any atom is -0.326 e. The Kier molecular flexibility index (Phi) is 3.45. The summed E-state index contributed by atoms with van der Waals surface area (Å²) < 4.78 is 0. The van der Waals surface area contributed by atoms with Crippen molar-refractivity contribution in [1.29, 1.82) is 0 Å². The normalized spacial score (nSPS) is 10.7. The second-order valence-electron chi connectivity index (χ2n) is 4.21. The molecule has 6 heteroatoms. The Morgan fingerprint density at radius 3 is 2.60 bits per heavy atom. The zero-order valence-electron chi connectivity index (χ0n) is 10.6. The number of nitrogens with two attached hydrogens (primary N) is 1. The van der Waals surface area contributed by atoms with Crippen LogP contribution in [-0.2, 0) is 6.54 Å². The Bertz CT molecular complexity index is 723. The molecule has 5 nitrogen and oxygen atoms in total. The van der Waals surface area contributed by atoms with Gasteiger partial charge in [-0.05, 0) is 17.3 Å². The largest absolute Gasteiger partial charge is 0.326 e. The van der Waals surface area contributed by atoms with E-state index >= 15 is 0 Å². The van der Waals surface area contributed by atoms with Crippen molar-refractivity contribution in [1.82, 2.24) is 20.2 Å². The summed E-state index contributed by atoms with van der Waals surface area (Å²) in [6, 6.07) is 15.2. The molecule has 0 saturated carbocycles. The summed E-state index contributed by atoms with van der Waals surface area (Å²) in [5.74, 6) is 0.563. The van der Waals surface area contributed by atoms with E-state index in [9.17, 15) is 0 Å². The average molecular weight is 286 g/mol. The van der Waals surface area contributed by atoms with Gasteiger partial charge in [-0.3, -0.25) is 0 Å². The highest BCUT2D eigenvalue weighted by Gasteiger charge is 2.11. The van der Waals surface area contributed by atoms with Gasteiger partial charge in [-0.2, -0.15) is 0 Å². The van der Waals surface area contributed by atoms with Crippen LogP contribution in [0.5, 0.6) is 0 Å². The van der Waals surface area contributed by atoms with Gasteiger partial charge in [0.05, 0.1) is 5.69 Å². The first-order valence-electron chi connectivity index (χ1n) is 6.13. The summed E-state index contributed by atoms with van der Waals surface area (Å²) in [6.45, 7) is 0.317. The van der Waals surface area contributed by atoms with Gasteiger partial charge in [0.2, 0.25) is 5.82 Å². The molecular formula is C14H12ClN5. The number of tetrazole rings is 1. The Hall–Kier alpha value is -2.24. The lowest BCUT2D eigenvalue weighted by atomic mass is 10.2. The summed E-state index contributed by atoms with van der Waals surface area (Å²) in [4.78, 5) is 1.45. The number of hydrogen-bond donors (Lipinski definition) is 1. The predicted molar refractivity (Wildman–Crippen MR) is 77.5 cm³/mol. The number of benzene rings is 2. The maximum absolute atomic E-state index is 6.13. The van der Waals surface area contributed by atoms with Crippen molar-refractivity contribution in [2.24, 2.45) is 5.73 Å². The molecule has 0 atom stereocenters. The van der Waals surface area contributed by atoms with Gasteiger partial charge in [-0.15, -0.1) is 15.0 Å². The average Bonchev–Trinajstić information content (AvgIpc) is 2.97. The smallest absolute Gasteiger partial charge is 0.205 e. The van der Waals surface area contributed by atoms with Crippen LogP contribution in [0.3, 0.4) is 0 Å². The van der Waals surface area contributed by atoms with Gasteiger partial charge in [-0.1, -0.05) is 48.0 Å². The lowest BCUT2D eigenvalue weighted by Crippen LogP contribution is -2.07. The zero-order chi connectivity index (χ0) is 13.9. The molecule has 0 aliphatic carbocycles. The van der Waals surface area contributed by atoms with E-state index in [1.54, 1.807) is 6.07 Å². The van der Waals surface area contributed by atoms with Crippen LogP contribution < -0.4 is 5.73 Å². The quantitative estimate of drug-likeness (QED) is 0.802. The van der Waals surface area contributed by atoms with E-state index in [-0.39, 0.29) is 0 Å². The van der Waals surface area contributed by atoms with Crippen LogP contribution in [0.4, 0.5) is 0 Å². The van der Waals surface area contributed by atoms with E-state index in [4.69, 9.17) is 17.3 Å². The van der Waals surface area contributed by atoms with Crippen LogP contribution in [0.2, 0.25) is 5.02 Å². The van der Waals surface area contributed by atoms with Crippen molar-refractivity contribution in [3.8, 4) is 17.1 Å². The first kappa shape index (κ1) is 12.8. The molecule has 0 saturated heterocycles. The first-order chi connectivity index (χ1) is 9.79. The summed E-state index contributed by atoms with van der Waals surface area (Å²) in [6.07, 6.45) is 0. The zero-order valence-corrected chi connectivity index (χ0v) is 11.3. The molecule has 3 rings (SSSR count). The number of nitrogens with zero attached hydrogens (tertiary/aromatic N) is 4. The van der Waals surface area contributed by atoms with E-state index in [0.717, 1.165) is 16.8 Å². The molecule has 2 N–H and O–H groups in total. The summed E-state index contributed by atoms with van der Waals surface area (Å²) in [7, 11) is 0. The molecule has 2 aromatic carbocycles. The summed E-state index contributed by atoms with van der Waals surface area (Å²) in [5, 5.41) is 13.1. The molecule has 0 fully saturated rings. The van der Waals surface area contributed by atoms with Crippen molar-refractivity contribution >= 4 is 11.6 Å². The van der Waals surface area contributed by atoms with Crippen LogP contribution in [0.1, 0.15) is 5.56 Å². The second kappa shape index (κ2) is 5.40. The summed E-state index contributed by atoms with van der Waals surface area (Å²) >= 11 is 6.13. The third kappa shape index (κ3) is 2.29. The van der Waals surface area contributed by atoms with Crippen LogP contribution >= 0.6 is 11.6 Å². The van der Waals surface area contributed by atoms with Gasteiger partial charge < -0.3 is 5.73 Å². The Labute approximate surface area is 121 Å². The molecule has 1 aromatic heterocycles. The summed E-state index contributed by atoms with van der Waals surface area (Å²) in [5.41, 5.74) is 8.19. The maximum Gasteiger partial charge on any atom is 0.205 e. The van der Waals surface area contributed by atoms with Gasteiger partial charge in [0, 0.05) is 22.7 Å². The topological polar surface area (TPSA) is 69.6 Å². The number of hydrogen-bond acceptors (Lipinski definition) is 4. The van der Waals surface area contributed by atoms with E-state index in [1.807, 2.05) is 42.5 Å². The van der Waals surface area contributed by atoms with Gasteiger partial charge in [0.15, 0.2) is 0 Å². The van der Waals surface area contributed by atoms with Crippen molar-refractivity contribution in [3.63, 3.8) is 0 Å². The molecule has 0 amide bonds. The van der Waals surface area contributed by atoms with Crippen LogP contribution in [0, 0.1) is 0 Å². The van der Waals surface area contributed by atoms with Crippen molar-refractivity contribution < 1.29 is 0 Å². The second-order valence-corrected chi connectivity index (χ2v) is 4.62. The lowest BCUT2D eigenvalue weighted by molar-refractivity contribution is 0.711. The fourth-order valence-electron chi connectivity index (χ4n) is 1.96. The molecule has 100 valence electrons. The van der Waals surface area contributed by atoms with Crippen molar-refractivity contribution in [3.05, 3.63) is 59.1 Å². The van der Waals surface area contributed by atoms with Crippen molar-refractivity contribution in [2.45, 2.75) is 6.54 Å². The van der Waals surface area contributed by atoms with Gasteiger partial charge in [0.25, 0.3) is 0 Å². The molecule has 1 heterocycles. The van der Waals surface area contributed by atoms with Crippen LogP contribution in [0.25, 0.3) is 17.1 Å². The molecular weight excluding hydrogens is 274 g/mol. The number of rotatable bonds is 3. The number of halogens is 1. The fraction of sp³-hybridized carbons (Fsp3) is 0.0714. The van der Waals surface area contributed by atoms with E-state index < -0.39 is 0 Å². The molecule has 0 aliphatic rings. The highest BCUT2D eigenvalue weighted by Crippen LogP contribution is 2.22. The predicted octanol–water partition coefficient (Wildman–Crippen LogP) is 2.44. The monoisotopic (exact) mass is 285 g/mol. The van der Waals surface area contributed by atoms with E-state index in [0.29, 0.717) is 17.4 Å². The molecule has 0 unspecified atom stereocenters. The third-order valence-electron chi connectivity index (χ3n) is 2.96. The molecule has 3 aromatic rings. The van der Waals surface area contributed by atoms with Gasteiger partial charge >= 0.3 is 0 Å². The minimum absolute atomic E-state index is 0.317. The minimum atomic E-state index is 0.317. The van der Waals surface area contributed by atoms with Gasteiger partial charge in [0.1, 0.15) is 0 Å². The standard InChI is InChI=1S/C14H12ClN5/c15-12-7-4-8-13(11(12)9-16)20-18-14(17-19-20)10-5-2-1-3-6-10/h1-8H,9,16H2. The highest BCUT2D eigenvalue weighted by atomic mass is 35.5.